The largest absolute Gasteiger partial charge is 0.485 e. The predicted molar refractivity (Wildman–Crippen MR) is 159 cm³/mol. The molecule has 0 amide bonds. The fourth-order valence-electron chi connectivity index (χ4n) is 5.19. The number of ether oxygens (including phenoxy) is 4. The van der Waals surface area contributed by atoms with Gasteiger partial charge in [-0.2, -0.15) is 0 Å². The van der Waals surface area contributed by atoms with E-state index in [1.807, 2.05) is 47.2 Å². The lowest BCUT2D eigenvalue weighted by molar-refractivity contribution is 0.174. The molecule has 3 aromatic heterocycles. The highest BCUT2D eigenvalue weighted by Crippen LogP contribution is 2.51. The molecule has 0 saturated carbocycles. The second-order valence-corrected chi connectivity index (χ2v) is 11.2. The zero-order valence-corrected chi connectivity index (χ0v) is 22.9. The fourth-order valence-corrected chi connectivity index (χ4v) is 7.11. The van der Waals surface area contributed by atoms with Crippen LogP contribution >= 0.6 is 22.7 Å². The van der Waals surface area contributed by atoms with Crippen molar-refractivity contribution in [1.82, 2.24) is 9.97 Å². The smallest absolute Gasteiger partial charge is 0.180 e. The van der Waals surface area contributed by atoms with Crippen molar-refractivity contribution in [2.24, 2.45) is 0 Å². The van der Waals surface area contributed by atoms with Gasteiger partial charge in [-0.25, -0.2) is 9.97 Å². The van der Waals surface area contributed by atoms with Crippen LogP contribution in [-0.2, 0) is 0 Å². The summed E-state index contributed by atoms with van der Waals surface area (Å²) in [5.41, 5.74) is 7.18. The van der Waals surface area contributed by atoms with Gasteiger partial charge in [-0.1, -0.05) is 72.8 Å². The minimum absolute atomic E-state index is 0.518. The van der Waals surface area contributed by atoms with Crippen molar-refractivity contribution in [2.75, 3.05) is 26.4 Å². The maximum atomic E-state index is 6.09. The van der Waals surface area contributed by atoms with Crippen molar-refractivity contribution in [2.45, 2.75) is 0 Å². The van der Waals surface area contributed by atoms with Crippen LogP contribution in [0.25, 0.3) is 54.4 Å². The van der Waals surface area contributed by atoms with Crippen molar-refractivity contribution in [3.8, 4) is 66.4 Å². The Morgan fingerprint density at radius 2 is 0.925 bits per heavy atom. The van der Waals surface area contributed by atoms with Crippen LogP contribution < -0.4 is 18.9 Å². The third-order valence-corrected chi connectivity index (χ3v) is 8.95. The highest BCUT2D eigenvalue weighted by atomic mass is 32.1. The molecule has 0 unspecified atom stereocenters. The molecule has 0 fully saturated rings. The molecule has 0 radical (unpaired) electrons. The third kappa shape index (κ3) is 3.83. The van der Waals surface area contributed by atoms with E-state index in [4.69, 9.17) is 28.9 Å². The normalized spacial score (nSPS) is 13.9. The third-order valence-electron chi connectivity index (χ3n) is 7.01. The molecule has 2 aliphatic rings. The standard InChI is InChI=1S/C32H22N2O4S2/c1-3-7-19(8-4-1)25-26(20-9-5-2-6-10-20)34-28-22(32-30-24(18-40-32)36-14-16-38-30)12-11-21(27(28)33-25)31-29-23(17-39-31)35-13-15-37-29/h1-12,17-18H,13-16H2. The van der Waals surface area contributed by atoms with Gasteiger partial charge in [-0.15, -0.1) is 22.7 Å². The minimum atomic E-state index is 0.518. The first-order valence-corrected chi connectivity index (χ1v) is 14.8. The number of hydrogen-bond donors (Lipinski definition) is 0. The first-order valence-electron chi connectivity index (χ1n) is 13.1. The molecular weight excluding hydrogens is 540 g/mol. The van der Waals surface area contributed by atoms with E-state index in [2.05, 4.69) is 36.4 Å². The Bertz CT molecular complexity index is 1730. The predicted octanol–water partition coefficient (Wildman–Crippen LogP) is 7.96. The van der Waals surface area contributed by atoms with Gasteiger partial charge in [0.05, 0.1) is 32.2 Å². The molecule has 196 valence electrons. The Balaban J connectivity index is 1.46. The van der Waals surface area contributed by atoms with E-state index in [-0.39, 0.29) is 0 Å². The zero-order valence-electron chi connectivity index (χ0n) is 21.3. The summed E-state index contributed by atoms with van der Waals surface area (Å²) in [4.78, 5) is 12.8. The Morgan fingerprint density at radius 3 is 1.38 bits per heavy atom. The molecule has 0 atom stereocenters. The van der Waals surface area contributed by atoms with Gasteiger partial charge >= 0.3 is 0 Å². The Kier molecular flexibility index (Phi) is 5.67. The average molecular weight is 563 g/mol. The number of fused-ring (bicyclic) bond motifs is 3. The van der Waals surface area contributed by atoms with Crippen LogP contribution in [0.5, 0.6) is 23.0 Å². The van der Waals surface area contributed by atoms with Crippen LogP contribution in [0.1, 0.15) is 0 Å². The van der Waals surface area contributed by atoms with Gasteiger partial charge in [0.15, 0.2) is 23.0 Å². The van der Waals surface area contributed by atoms with Crippen LogP contribution in [-0.4, -0.2) is 36.4 Å². The first-order chi connectivity index (χ1) is 19.8. The van der Waals surface area contributed by atoms with Crippen molar-refractivity contribution in [3.05, 3.63) is 83.6 Å². The quantitative estimate of drug-likeness (QED) is 0.217. The van der Waals surface area contributed by atoms with E-state index in [0.29, 0.717) is 26.4 Å². The lowest BCUT2D eigenvalue weighted by Crippen LogP contribution is -2.14. The van der Waals surface area contributed by atoms with E-state index in [1.54, 1.807) is 22.7 Å². The van der Waals surface area contributed by atoms with Crippen LogP contribution in [0, 0.1) is 0 Å². The number of aromatic nitrogens is 2. The molecule has 40 heavy (non-hydrogen) atoms. The summed E-state index contributed by atoms with van der Waals surface area (Å²) in [6, 6.07) is 24.7. The monoisotopic (exact) mass is 562 g/mol. The number of benzene rings is 3. The Hall–Kier alpha value is -4.40. The van der Waals surface area contributed by atoms with Crippen molar-refractivity contribution < 1.29 is 18.9 Å². The molecule has 8 heteroatoms. The van der Waals surface area contributed by atoms with Gasteiger partial charge in [-0.3, -0.25) is 0 Å². The summed E-state index contributed by atoms with van der Waals surface area (Å²) >= 11 is 3.20. The van der Waals surface area contributed by atoms with Gasteiger partial charge in [-0.05, 0) is 0 Å². The minimum Gasteiger partial charge on any atom is -0.485 e. The molecular formula is C32H22N2O4S2. The number of hydrogen-bond acceptors (Lipinski definition) is 8. The second-order valence-electron chi connectivity index (χ2n) is 9.42. The zero-order chi connectivity index (χ0) is 26.5. The molecule has 6 nitrogen and oxygen atoms in total. The van der Waals surface area contributed by atoms with Crippen molar-refractivity contribution in [1.29, 1.82) is 0 Å². The summed E-state index contributed by atoms with van der Waals surface area (Å²) in [5.74, 6) is 3.09. The van der Waals surface area contributed by atoms with Crippen LogP contribution in [0.15, 0.2) is 83.6 Å². The molecule has 3 aromatic carbocycles. The maximum Gasteiger partial charge on any atom is 0.180 e. The Morgan fingerprint density at radius 1 is 0.500 bits per heavy atom. The van der Waals surface area contributed by atoms with Crippen LogP contribution in [0.4, 0.5) is 0 Å². The maximum absolute atomic E-state index is 6.09. The van der Waals surface area contributed by atoms with E-state index in [0.717, 1.165) is 77.4 Å². The molecule has 0 N–H and O–H groups in total. The van der Waals surface area contributed by atoms with E-state index >= 15 is 0 Å². The molecule has 0 aliphatic carbocycles. The van der Waals surface area contributed by atoms with E-state index in [9.17, 15) is 0 Å². The molecule has 6 aromatic rings. The van der Waals surface area contributed by atoms with Gasteiger partial charge in [0.2, 0.25) is 0 Å². The van der Waals surface area contributed by atoms with E-state index < -0.39 is 0 Å². The summed E-state index contributed by atoms with van der Waals surface area (Å²) in [6.07, 6.45) is 0. The SMILES string of the molecule is c1ccc(-c2nc3c(-c4scc5c4OCCO5)ccc(-c4scc5c4OCCO5)c3nc2-c2ccccc2)cc1. The average Bonchev–Trinajstić information content (AvgIpc) is 3.65. The lowest BCUT2D eigenvalue weighted by atomic mass is 10.00. The molecule has 5 heterocycles. The highest BCUT2D eigenvalue weighted by molar-refractivity contribution is 7.15. The molecule has 8 rings (SSSR count). The summed E-state index contributed by atoms with van der Waals surface area (Å²) in [7, 11) is 0. The first kappa shape index (κ1) is 23.5. The summed E-state index contributed by atoms with van der Waals surface area (Å²) in [5, 5.41) is 4.02. The number of rotatable bonds is 4. The topological polar surface area (TPSA) is 62.7 Å². The molecule has 0 spiro atoms. The van der Waals surface area contributed by atoms with Gasteiger partial charge < -0.3 is 18.9 Å². The number of nitrogens with zero attached hydrogens (tertiary/aromatic N) is 2. The van der Waals surface area contributed by atoms with Gasteiger partial charge in [0.1, 0.15) is 26.4 Å². The second kappa shape index (κ2) is 9.66. The van der Waals surface area contributed by atoms with E-state index in [1.165, 1.54) is 0 Å². The van der Waals surface area contributed by atoms with Crippen molar-refractivity contribution >= 4 is 33.7 Å². The summed E-state index contributed by atoms with van der Waals surface area (Å²) in [6.45, 7) is 2.13. The van der Waals surface area contributed by atoms with Crippen LogP contribution in [0.2, 0.25) is 0 Å². The fraction of sp³-hybridized carbons (Fsp3) is 0.125. The van der Waals surface area contributed by atoms with Crippen molar-refractivity contribution in [3.63, 3.8) is 0 Å². The van der Waals surface area contributed by atoms with Crippen LogP contribution in [0.3, 0.4) is 0 Å². The summed E-state index contributed by atoms with van der Waals surface area (Å²) < 4.78 is 23.9. The Labute approximate surface area is 238 Å². The lowest BCUT2D eigenvalue weighted by Gasteiger charge is -2.19. The number of thiophene rings is 2. The van der Waals surface area contributed by atoms with Gasteiger partial charge in [0, 0.05) is 33.0 Å². The highest BCUT2D eigenvalue weighted by Gasteiger charge is 2.27. The van der Waals surface area contributed by atoms with Gasteiger partial charge in [0.25, 0.3) is 0 Å². The molecule has 2 aliphatic heterocycles. The molecule has 0 saturated heterocycles. The molecule has 0 bridgehead atoms.